The molecule has 0 radical (unpaired) electrons. The van der Waals surface area contributed by atoms with Crippen LogP contribution < -0.4 is 0 Å². The molecule has 0 spiro atoms. The van der Waals surface area contributed by atoms with Crippen molar-refractivity contribution >= 4 is 11.6 Å². The van der Waals surface area contributed by atoms with Gasteiger partial charge in [-0.15, -0.1) is 4.68 Å². The highest BCUT2D eigenvalue weighted by Crippen LogP contribution is 2.19. The number of hydrogen-bond donors (Lipinski definition) is 0. The first kappa shape index (κ1) is 10.7. The standard InChI is InChI=1S/C8H5N5O4/c14-12(15)7-3-5-11(10-7)6-2-1-4-9-8(6)13(16)17/h1-5H. The lowest BCUT2D eigenvalue weighted by atomic mass is 10.4. The zero-order valence-corrected chi connectivity index (χ0v) is 8.26. The Hall–Kier alpha value is -2.84. The van der Waals surface area contributed by atoms with Crippen molar-refractivity contribution in [1.82, 2.24) is 14.8 Å². The number of pyridine rings is 1. The van der Waals surface area contributed by atoms with Gasteiger partial charge in [-0.25, -0.2) is 0 Å². The normalized spacial score (nSPS) is 10.1. The summed E-state index contributed by atoms with van der Waals surface area (Å²) in [6.07, 6.45) is 2.53. The van der Waals surface area contributed by atoms with Gasteiger partial charge in [0, 0.05) is 0 Å². The van der Waals surface area contributed by atoms with E-state index in [0.29, 0.717) is 0 Å². The minimum Gasteiger partial charge on any atom is -0.358 e. The fourth-order valence-electron chi connectivity index (χ4n) is 1.25. The summed E-state index contributed by atoms with van der Waals surface area (Å²) < 4.78 is 1.04. The maximum atomic E-state index is 10.7. The van der Waals surface area contributed by atoms with E-state index in [0.717, 1.165) is 10.7 Å². The third-order valence-corrected chi connectivity index (χ3v) is 1.95. The molecule has 0 aliphatic rings. The van der Waals surface area contributed by atoms with Crippen LogP contribution in [-0.2, 0) is 0 Å². The first-order valence-corrected chi connectivity index (χ1v) is 4.39. The van der Waals surface area contributed by atoms with Crippen LogP contribution >= 0.6 is 0 Å². The topological polar surface area (TPSA) is 117 Å². The van der Waals surface area contributed by atoms with Gasteiger partial charge >= 0.3 is 11.6 Å². The van der Waals surface area contributed by atoms with E-state index in [-0.39, 0.29) is 11.5 Å². The van der Waals surface area contributed by atoms with Gasteiger partial charge < -0.3 is 20.2 Å². The molecule has 2 heterocycles. The van der Waals surface area contributed by atoms with Crippen molar-refractivity contribution in [3.8, 4) is 5.69 Å². The molecular weight excluding hydrogens is 230 g/mol. The Morgan fingerprint density at radius 1 is 1.18 bits per heavy atom. The molecule has 0 bridgehead atoms. The molecule has 86 valence electrons. The second-order valence-electron chi connectivity index (χ2n) is 2.98. The van der Waals surface area contributed by atoms with Crippen molar-refractivity contribution in [2.45, 2.75) is 0 Å². The first-order valence-electron chi connectivity index (χ1n) is 4.39. The largest absolute Gasteiger partial charge is 0.391 e. The van der Waals surface area contributed by atoms with Crippen molar-refractivity contribution in [1.29, 1.82) is 0 Å². The summed E-state index contributed by atoms with van der Waals surface area (Å²) in [5, 5.41) is 24.7. The summed E-state index contributed by atoms with van der Waals surface area (Å²) in [6.45, 7) is 0. The molecule has 2 aromatic rings. The van der Waals surface area contributed by atoms with Crippen LogP contribution in [0, 0.1) is 20.2 Å². The molecule has 17 heavy (non-hydrogen) atoms. The predicted octanol–water partition coefficient (Wildman–Crippen LogP) is 1.08. The van der Waals surface area contributed by atoms with E-state index in [4.69, 9.17) is 0 Å². The lowest BCUT2D eigenvalue weighted by Crippen LogP contribution is -2.03. The molecule has 0 saturated carbocycles. The van der Waals surface area contributed by atoms with Crippen molar-refractivity contribution < 1.29 is 9.85 Å². The average molecular weight is 235 g/mol. The summed E-state index contributed by atoms with van der Waals surface area (Å²) in [5.74, 6) is -0.798. The van der Waals surface area contributed by atoms with Gasteiger partial charge in [-0.3, -0.25) is 0 Å². The number of rotatable bonds is 3. The molecule has 0 fully saturated rings. The number of nitrogens with zero attached hydrogens (tertiary/aromatic N) is 5. The molecule has 9 nitrogen and oxygen atoms in total. The van der Waals surface area contributed by atoms with Gasteiger partial charge in [0.1, 0.15) is 6.20 Å². The van der Waals surface area contributed by atoms with Crippen LogP contribution in [0.3, 0.4) is 0 Å². The Bertz CT molecular complexity index is 593. The summed E-state index contributed by atoms with van der Waals surface area (Å²) in [4.78, 5) is 23.4. The highest BCUT2D eigenvalue weighted by atomic mass is 16.6. The van der Waals surface area contributed by atoms with Gasteiger partial charge in [0.2, 0.25) is 0 Å². The maximum absolute atomic E-state index is 10.7. The second kappa shape index (κ2) is 3.96. The number of aromatic nitrogens is 3. The molecule has 0 aromatic carbocycles. The smallest absolute Gasteiger partial charge is 0.358 e. The van der Waals surface area contributed by atoms with Crippen LogP contribution in [-0.4, -0.2) is 24.6 Å². The molecule has 0 saturated heterocycles. The van der Waals surface area contributed by atoms with E-state index < -0.39 is 15.7 Å². The highest BCUT2D eigenvalue weighted by Gasteiger charge is 2.21. The SMILES string of the molecule is O=[N+]([O-])c1ccn(-c2cccnc2[N+](=O)[O-])n1. The Morgan fingerprint density at radius 3 is 2.53 bits per heavy atom. The molecule has 0 atom stereocenters. The van der Waals surface area contributed by atoms with Crippen LogP contribution in [0.5, 0.6) is 0 Å². The van der Waals surface area contributed by atoms with Crippen LogP contribution in [0.25, 0.3) is 5.69 Å². The Morgan fingerprint density at radius 2 is 1.94 bits per heavy atom. The lowest BCUT2D eigenvalue weighted by molar-refractivity contribution is -0.390. The lowest BCUT2D eigenvalue weighted by Gasteiger charge is -1.97. The van der Waals surface area contributed by atoms with E-state index in [1.807, 2.05) is 0 Å². The fraction of sp³-hybridized carbons (Fsp3) is 0. The van der Waals surface area contributed by atoms with Gasteiger partial charge in [0.05, 0.1) is 17.4 Å². The van der Waals surface area contributed by atoms with Gasteiger partial charge in [0.15, 0.2) is 5.69 Å². The highest BCUT2D eigenvalue weighted by molar-refractivity contribution is 5.46. The molecule has 0 unspecified atom stereocenters. The zero-order valence-electron chi connectivity index (χ0n) is 8.26. The molecule has 2 rings (SSSR count). The number of hydrogen-bond acceptors (Lipinski definition) is 6. The van der Waals surface area contributed by atoms with Gasteiger partial charge in [0.25, 0.3) is 0 Å². The van der Waals surface area contributed by atoms with E-state index in [9.17, 15) is 20.2 Å². The van der Waals surface area contributed by atoms with Crippen LogP contribution in [0.2, 0.25) is 0 Å². The Labute approximate surface area is 93.6 Å². The van der Waals surface area contributed by atoms with Crippen molar-refractivity contribution in [3.05, 3.63) is 50.8 Å². The summed E-state index contributed by atoms with van der Waals surface area (Å²) in [7, 11) is 0. The summed E-state index contributed by atoms with van der Waals surface area (Å²) in [6, 6.07) is 4.04. The molecule has 0 N–H and O–H groups in total. The van der Waals surface area contributed by atoms with Gasteiger partial charge in [-0.05, 0) is 27.0 Å². The third kappa shape index (κ3) is 1.93. The predicted molar refractivity (Wildman–Crippen MR) is 54.7 cm³/mol. The van der Waals surface area contributed by atoms with Crippen molar-refractivity contribution in [2.75, 3.05) is 0 Å². The molecule has 0 amide bonds. The fourth-order valence-corrected chi connectivity index (χ4v) is 1.25. The van der Waals surface area contributed by atoms with Gasteiger partial charge in [-0.1, -0.05) is 0 Å². The molecular formula is C8H5N5O4. The third-order valence-electron chi connectivity index (χ3n) is 1.95. The molecule has 2 aromatic heterocycles. The van der Waals surface area contributed by atoms with E-state index >= 15 is 0 Å². The number of nitro groups is 2. The average Bonchev–Trinajstić information content (AvgIpc) is 2.78. The van der Waals surface area contributed by atoms with E-state index in [1.165, 1.54) is 24.5 Å². The minimum absolute atomic E-state index is 0.0746. The summed E-state index contributed by atoms with van der Waals surface area (Å²) >= 11 is 0. The van der Waals surface area contributed by atoms with Gasteiger partial charge in [-0.2, -0.15) is 0 Å². The zero-order chi connectivity index (χ0) is 12.4. The quantitative estimate of drug-likeness (QED) is 0.580. The van der Waals surface area contributed by atoms with E-state index in [2.05, 4.69) is 10.1 Å². The summed E-state index contributed by atoms with van der Waals surface area (Å²) in [5.41, 5.74) is 0.0746. The van der Waals surface area contributed by atoms with Crippen molar-refractivity contribution in [3.63, 3.8) is 0 Å². The second-order valence-corrected chi connectivity index (χ2v) is 2.98. The maximum Gasteiger partial charge on any atom is 0.391 e. The first-order chi connectivity index (χ1) is 8.09. The monoisotopic (exact) mass is 235 g/mol. The molecule has 9 heteroatoms. The van der Waals surface area contributed by atoms with E-state index in [1.54, 1.807) is 0 Å². The molecule has 0 aliphatic carbocycles. The van der Waals surface area contributed by atoms with Crippen LogP contribution in [0.4, 0.5) is 11.6 Å². The van der Waals surface area contributed by atoms with Crippen LogP contribution in [0.1, 0.15) is 0 Å². The Kier molecular flexibility index (Phi) is 2.49. The minimum atomic E-state index is -0.682. The van der Waals surface area contributed by atoms with Crippen molar-refractivity contribution in [2.24, 2.45) is 0 Å². The molecule has 0 aliphatic heterocycles. The van der Waals surface area contributed by atoms with Crippen LogP contribution in [0.15, 0.2) is 30.6 Å². The Balaban J connectivity index is 2.52.